The van der Waals surface area contributed by atoms with Gasteiger partial charge in [-0.15, -0.1) is 10.2 Å². The Balaban J connectivity index is 1.87. The number of aromatic nitrogens is 3. The van der Waals surface area contributed by atoms with Crippen molar-refractivity contribution in [1.29, 1.82) is 0 Å². The highest BCUT2D eigenvalue weighted by Crippen LogP contribution is 2.27. The third-order valence-electron chi connectivity index (χ3n) is 3.57. The monoisotopic (exact) mass is 278 g/mol. The van der Waals surface area contributed by atoms with Crippen LogP contribution in [0, 0.1) is 0 Å². The number of anilines is 1. The van der Waals surface area contributed by atoms with Gasteiger partial charge in [0.15, 0.2) is 11.0 Å². The number of hydrogen-bond acceptors (Lipinski definition) is 5. The van der Waals surface area contributed by atoms with E-state index in [2.05, 4.69) is 20.5 Å². The highest BCUT2D eigenvalue weighted by Gasteiger charge is 2.20. The summed E-state index contributed by atoms with van der Waals surface area (Å²) >= 11 is 6.03. The van der Waals surface area contributed by atoms with Crippen LogP contribution in [-0.2, 0) is 0 Å². The highest BCUT2D eigenvalue weighted by molar-refractivity contribution is 6.34. The summed E-state index contributed by atoms with van der Waals surface area (Å²) in [5, 5.41) is 23.1. The second-order valence-electron chi connectivity index (χ2n) is 4.91. The minimum Gasteiger partial charge on any atom is -0.393 e. The van der Waals surface area contributed by atoms with Crippen LogP contribution in [0.5, 0.6) is 0 Å². The summed E-state index contributed by atoms with van der Waals surface area (Å²) in [5.41, 5.74) is 0. The molecule has 3 rings (SSSR count). The molecule has 1 aliphatic rings. The van der Waals surface area contributed by atoms with Gasteiger partial charge in [-0.3, -0.25) is 4.98 Å². The number of pyridine rings is 1. The molecule has 0 bridgehead atoms. The van der Waals surface area contributed by atoms with Crippen molar-refractivity contribution in [2.75, 3.05) is 5.32 Å². The van der Waals surface area contributed by atoms with Crippen molar-refractivity contribution in [3.8, 4) is 0 Å². The molecule has 1 saturated carbocycles. The van der Waals surface area contributed by atoms with Gasteiger partial charge in [-0.05, 0) is 31.7 Å². The van der Waals surface area contributed by atoms with Crippen LogP contribution in [0.15, 0.2) is 18.5 Å². The summed E-state index contributed by atoms with van der Waals surface area (Å²) in [4.78, 5) is 4.11. The van der Waals surface area contributed by atoms with Crippen LogP contribution in [0.2, 0.25) is 5.15 Å². The smallest absolute Gasteiger partial charge is 0.159 e. The van der Waals surface area contributed by atoms with Gasteiger partial charge in [-0.2, -0.15) is 0 Å². The van der Waals surface area contributed by atoms with E-state index in [1.165, 1.54) is 0 Å². The van der Waals surface area contributed by atoms with E-state index in [-0.39, 0.29) is 6.10 Å². The van der Waals surface area contributed by atoms with Gasteiger partial charge in [-0.1, -0.05) is 11.6 Å². The van der Waals surface area contributed by atoms with E-state index < -0.39 is 0 Å². The maximum Gasteiger partial charge on any atom is 0.159 e. The Kier molecular flexibility index (Phi) is 3.48. The standard InChI is InChI=1S/C13H15ClN4O/c14-12-10-5-6-15-7-11(10)13(18-17-12)16-8-1-3-9(19)4-2-8/h5-9,19H,1-4H2,(H,16,18)/t8-,9-. The van der Waals surface area contributed by atoms with Crippen molar-refractivity contribution in [2.24, 2.45) is 0 Å². The van der Waals surface area contributed by atoms with E-state index in [4.69, 9.17) is 11.6 Å². The van der Waals surface area contributed by atoms with Crippen LogP contribution < -0.4 is 5.32 Å². The molecule has 2 aromatic rings. The lowest BCUT2D eigenvalue weighted by atomic mass is 9.93. The van der Waals surface area contributed by atoms with Crippen LogP contribution in [0.3, 0.4) is 0 Å². The van der Waals surface area contributed by atoms with Crippen LogP contribution in [0.4, 0.5) is 5.82 Å². The second-order valence-corrected chi connectivity index (χ2v) is 5.27. The molecule has 0 saturated heterocycles. The Morgan fingerprint density at radius 2 is 1.95 bits per heavy atom. The lowest BCUT2D eigenvalue weighted by Gasteiger charge is -2.26. The molecule has 100 valence electrons. The number of aliphatic hydroxyl groups excluding tert-OH is 1. The molecular formula is C13H15ClN4O. The quantitative estimate of drug-likeness (QED) is 0.883. The molecule has 6 heteroatoms. The molecule has 0 unspecified atom stereocenters. The molecule has 2 heterocycles. The Morgan fingerprint density at radius 1 is 1.16 bits per heavy atom. The van der Waals surface area contributed by atoms with Crippen LogP contribution in [-0.4, -0.2) is 32.4 Å². The molecule has 2 aromatic heterocycles. The fourth-order valence-electron chi connectivity index (χ4n) is 2.48. The molecule has 0 atom stereocenters. The van der Waals surface area contributed by atoms with Gasteiger partial charge in [0.2, 0.25) is 0 Å². The third-order valence-corrected chi connectivity index (χ3v) is 3.85. The molecule has 1 aliphatic carbocycles. The molecule has 1 fully saturated rings. The van der Waals surface area contributed by atoms with E-state index in [1.54, 1.807) is 12.4 Å². The van der Waals surface area contributed by atoms with Crippen molar-refractivity contribution in [1.82, 2.24) is 15.2 Å². The summed E-state index contributed by atoms with van der Waals surface area (Å²) in [7, 11) is 0. The summed E-state index contributed by atoms with van der Waals surface area (Å²) in [5.74, 6) is 0.717. The van der Waals surface area contributed by atoms with E-state index in [0.717, 1.165) is 36.5 Å². The number of fused-ring (bicyclic) bond motifs is 1. The van der Waals surface area contributed by atoms with Gasteiger partial charge in [0, 0.05) is 29.2 Å². The Bertz CT molecular complexity index is 584. The van der Waals surface area contributed by atoms with Crippen LogP contribution in [0.1, 0.15) is 25.7 Å². The minimum atomic E-state index is -0.159. The van der Waals surface area contributed by atoms with Crippen molar-refractivity contribution in [3.63, 3.8) is 0 Å². The Morgan fingerprint density at radius 3 is 2.74 bits per heavy atom. The lowest BCUT2D eigenvalue weighted by Crippen LogP contribution is -2.28. The summed E-state index contributed by atoms with van der Waals surface area (Å²) in [6, 6.07) is 2.16. The Labute approximate surface area is 116 Å². The maximum atomic E-state index is 9.52. The van der Waals surface area contributed by atoms with Crippen molar-refractivity contribution in [3.05, 3.63) is 23.6 Å². The lowest BCUT2D eigenvalue weighted by molar-refractivity contribution is 0.126. The molecule has 0 spiro atoms. The summed E-state index contributed by atoms with van der Waals surface area (Å²) in [6.07, 6.45) is 6.81. The van der Waals surface area contributed by atoms with Gasteiger partial charge in [-0.25, -0.2) is 0 Å². The first-order valence-corrected chi connectivity index (χ1v) is 6.82. The predicted molar refractivity (Wildman–Crippen MR) is 74.2 cm³/mol. The normalized spacial score (nSPS) is 23.5. The Hall–Kier alpha value is -1.46. The van der Waals surface area contributed by atoms with E-state index >= 15 is 0 Å². The average Bonchev–Trinajstić information content (AvgIpc) is 2.45. The predicted octanol–water partition coefficient (Wildman–Crippen LogP) is 2.39. The zero-order chi connectivity index (χ0) is 13.2. The van der Waals surface area contributed by atoms with Gasteiger partial charge >= 0.3 is 0 Å². The minimum absolute atomic E-state index is 0.159. The zero-order valence-electron chi connectivity index (χ0n) is 10.4. The molecule has 0 aromatic carbocycles. The fraction of sp³-hybridized carbons (Fsp3) is 0.462. The first kappa shape index (κ1) is 12.6. The summed E-state index contributed by atoms with van der Waals surface area (Å²) < 4.78 is 0. The number of hydrogen-bond donors (Lipinski definition) is 2. The number of aliphatic hydroxyl groups is 1. The fourth-order valence-corrected chi connectivity index (χ4v) is 2.69. The number of rotatable bonds is 2. The number of nitrogens with one attached hydrogen (secondary N) is 1. The number of nitrogens with zero attached hydrogens (tertiary/aromatic N) is 3. The zero-order valence-corrected chi connectivity index (χ0v) is 11.1. The molecule has 5 nitrogen and oxygen atoms in total. The molecular weight excluding hydrogens is 264 g/mol. The first-order valence-electron chi connectivity index (χ1n) is 6.44. The van der Waals surface area contributed by atoms with Gasteiger partial charge in [0.05, 0.1) is 6.10 Å². The topological polar surface area (TPSA) is 70.9 Å². The van der Waals surface area contributed by atoms with Gasteiger partial charge in [0.1, 0.15) is 0 Å². The molecule has 0 amide bonds. The molecule has 0 aliphatic heterocycles. The van der Waals surface area contributed by atoms with E-state index in [0.29, 0.717) is 17.0 Å². The van der Waals surface area contributed by atoms with Crippen molar-refractivity contribution in [2.45, 2.75) is 37.8 Å². The highest BCUT2D eigenvalue weighted by atomic mass is 35.5. The van der Waals surface area contributed by atoms with E-state index in [1.807, 2.05) is 6.07 Å². The van der Waals surface area contributed by atoms with E-state index in [9.17, 15) is 5.11 Å². The van der Waals surface area contributed by atoms with Crippen LogP contribution >= 0.6 is 11.6 Å². The number of halogens is 1. The van der Waals surface area contributed by atoms with Crippen LogP contribution in [0.25, 0.3) is 10.8 Å². The molecule has 19 heavy (non-hydrogen) atoms. The second kappa shape index (κ2) is 5.27. The molecule has 0 radical (unpaired) electrons. The van der Waals surface area contributed by atoms with Gasteiger partial charge < -0.3 is 10.4 Å². The largest absolute Gasteiger partial charge is 0.393 e. The van der Waals surface area contributed by atoms with Gasteiger partial charge in [0.25, 0.3) is 0 Å². The van der Waals surface area contributed by atoms with Crippen molar-refractivity contribution >= 4 is 28.2 Å². The van der Waals surface area contributed by atoms with Crippen molar-refractivity contribution < 1.29 is 5.11 Å². The molecule has 2 N–H and O–H groups in total. The maximum absolute atomic E-state index is 9.52. The SMILES string of the molecule is O[C@H]1CC[C@H](Nc2nnc(Cl)c3ccncc23)CC1. The summed E-state index contributed by atoms with van der Waals surface area (Å²) in [6.45, 7) is 0. The third kappa shape index (κ3) is 2.62. The average molecular weight is 279 g/mol. The first-order chi connectivity index (χ1) is 9.24.